The molecule has 0 N–H and O–H groups in total. The Morgan fingerprint density at radius 1 is 1.29 bits per heavy atom. The third-order valence-corrected chi connectivity index (χ3v) is 1.84. The summed E-state index contributed by atoms with van der Waals surface area (Å²) >= 11 is 0. The molecule has 0 saturated heterocycles. The standard InChI is InChI=1S/C12H15O2/c1-9(2)14-12(13)10(3)11-7-5-4-6-8-11/h4-10H,3H2,1-2H3/t10-/m0/s1. The lowest BCUT2D eigenvalue weighted by atomic mass is 10.0. The van der Waals surface area contributed by atoms with Gasteiger partial charge in [-0.05, 0) is 26.3 Å². The Bertz CT molecular complexity index is 290. The molecule has 2 heteroatoms. The van der Waals surface area contributed by atoms with Gasteiger partial charge in [0.25, 0.3) is 0 Å². The molecular weight excluding hydrogens is 176 g/mol. The second kappa shape index (κ2) is 4.80. The van der Waals surface area contributed by atoms with E-state index in [2.05, 4.69) is 6.92 Å². The van der Waals surface area contributed by atoms with Crippen LogP contribution in [0.3, 0.4) is 0 Å². The molecule has 1 radical (unpaired) electrons. The predicted molar refractivity (Wildman–Crippen MR) is 55.8 cm³/mol. The Morgan fingerprint density at radius 3 is 2.36 bits per heavy atom. The first-order valence-electron chi connectivity index (χ1n) is 4.69. The topological polar surface area (TPSA) is 26.3 Å². The molecule has 14 heavy (non-hydrogen) atoms. The minimum Gasteiger partial charge on any atom is -0.463 e. The van der Waals surface area contributed by atoms with Gasteiger partial charge >= 0.3 is 5.97 Å². The predicted octanol–water partition coefficient (Wildman–Crippen LogP) is 2.56. The molecule has 0 bridgehead atoms. The van der Waals surface area contributed by atoms with Crippen LogP contribution in [0.4, 0.5) is 0 Å². The first kappa shape index (κ1) is 10.8. The summed E-state index contributed by atoms with van der Waals surface area (Å²) in [5.41, 5.74) is 0.887. The van der Waals surface area contributed by atoms with Crippen LogP contribution in [0.2, 0.25) is 0 Å². The quantitative estimate of drug-likeness (QED) is 0.686. The second-order valence-electron chi connectivity index (χ2n) is 3.45. The van der Waals surface area contributed by atoms with E-state index in [4.69, 9.17) is 4.74 Å². The third kappa shape index (κ3) is 2.87. The molecule has 0 fully saturated rings. The zero-order chi connectivity index (χ0) is 10.6. The van der Waals surface area contributed by atoms with Gasteiger partial charge in [0.15, 0.2) is 0 Å². The summed E-state index contributed by atoms with van der Waals surface area (Å²) in [7, 11) is 0. The van der Waals surface area contributed by atoms with E-state index in [0.717, 1.165) is 5.56 Å². The Hall–Kier alpha value is -1.31. The maximum atomic E-state index is 11.5. The van der Waals surface area contributed by atoms with Gasteiger partial charge in [-0.1, -0.05) is 30.3 Å². The molecule has 0 aromatic heterocycles. The van der Waals surface area contributed by atoms with Gasteiger partial charge in [-0.2, -0.15) is 0 Å². The zero-order valence-electron chi connectivity index (χ0n) is 8.57. The van der Waals surface area contributed by atoms with Gasteiger partial charge in [-0.3, -0.25) is 4.79 Å². The molecule has 0 aliphatic heterocycles. The summed E-state index contributed by atoms with van der Waals surface area (Å²) in [6.07, 6.45) is -0.0875. The van der Waals surface area contributed by atoms with Crippen LogP contribution in [0.5, 0.6) is 0 Å². The molecule has 1 aromatic rings. The third-order valence-electron chi connectivity index (χ3n) is 1.84. The number of carbonyl (C=O) groups excluding carboxylic acids is 1. The Morgan fingerprint density at radius 2 is 1.86 bits per heavy atom. The van der Waals surface area contributed by atoms with Crippen LogP contribution >= 0.6 is 0 Å². The lowest BCUT2D eigenvalue weighted by molar-refractivity contribution is -0.148. The van der Waals surface area contributed by atoms with Gasteiger partial charge in [-0.25, -0.2) is 0 Å². The first-order valence-corrected chi connectivity index (χ1v) is 4.69. The van der Waals surface area contributed by atoms with E-state index in [9.17, 15) is 4.79 Å². The number of rotatable bonds is 3. The van der Waals surface area contributed by atoms with Crippen LogP contribution in [0.15, 0.2) is 30.3 Å². The highest BCUT2D eigenvalue weighted by molar-refractivity contribution is 5.79. The number of carbonyl (C=O) groups is 1. The van der Waals surface area contributed by atoms with E-state index in [1.807, 2.05) is 44.2 Å². The van der Waals surface area contributed by atoms with E-state index in [1.165, 1.54) is 0 Å². The molecule has 0 amide bonds. The van der Waals surface area contributed by atoms with Gasteiger partial charge in [0, 0.05) is 0 Å². The monoisotopic (exact) mass is 191 g/mol. The summed E-state index contributed by atoms with van der Waals surface area (Å²) in [6.45, 7) is 7.44. The van der Waals surface area contributed by atoms with E-state index >= 15 is 0 Å². The van der Waals surface area contributed by atoms with Crippen LogP contribution in [0, 0.1) is 6.92 Å². The Balaban J connectivity index is 2.66. The molecule has 1 rings (SSSR count). The smallest absolute Gasteiger partial charge is 0.313 e. The van der Waals surface area contributed by atoms with Gasteiger partial charge in [0.05, 0.1) is 12.0 Å². The Kier molecular flexibility index (Phi) is 3.69. The molecular formula is C12H15O2. The molecule has 1 aromatic carbocycles. The first-order chi connectivity index (χ1) is 6.61. The highest BCUT2D eigenvalue weighted by Crippen LogP contribution is 2.16. The molecule has 0 aliphatic carbocycles. The lowest BCUT2D eigenvalue weighted by Gasteiger charge is -2.13. The average molecular weight is 191 g/mol. The SMILES string of the molecule is [CH2][C@H](C(=O)OC(C)C)c1ccccc1. The molecule has 0 heterocycles. The van der Waals surface area contributed by atoms with Crippen molar-refractivity contribution < 1.29 is 9.53 Å². The number of benzene rings is 1. The summed E-state index contributed by atoms with van der Waals surface area (Å²) in [5.74, 6) is -0.704. The Labute approximate surface area is 84.9 Å². The van der Waals surface area contributed by atoms with Gasteiger partial charge < -0.3 is 4.74 Å². The van der Waals surface area contributed by atoms with E-state index in [-0.39, 0.29) is 12.1 Å². The van der Waals surface area contributed by atoms with Crippen LogP contribution < -0.4 is 0 Å². The van der Waals surface area contributed by atoms with Crippen molar-refractivity contribution in [3.8, 4) is 0 Å². The summed E-state index contributed by atoms with van der Waals surface area (Å²) < 4.78 is 5.06. The highest BCUT2D eigenvalue weighted by atomic mass is 16.5. The molecule has 0 aliphatic rings. The molecule has 0 spiro atoms. The number of ether oxygens (including phenoxy) is 1. The minimum absolute atomic E-state index is 0.0875. The molecule has 0 unspecified atom stereocenters. The van der Waals surface area contributed by atoms with Crippen molar-refractivity contribution >= 4 is 5.97 Å². The van der Waals surface area contributed by atoms with Crippen molar-refractivity contribution in [2.24, 2.45) is 0 Å². The fourth-order valence-electron chi connectivity index (χ4n) is 1.14. The highest BCUT2D eigenvalue weighted by Gasteiger charge is 2.17. The van der Waals surface area contributed by atoms with Crippen molar-refractivity contribution in [2.75, 3.05) is 0 Å². The number of esters is 1. The minimum atomic E-state index is -0.432. The molecule has 0 saturated carbocycles. The van der Waals surface area contributed by atoms with Crippen molar-refractivity contribution in [1.29, 1.82) is 0 Å². The summed E-state index contributed by atoms with van der Waals surface area (Å²) in [5, 5.41) is 0. The summed E-state index contributed by atoms with van der Waals surface area (Å²) in [6, 6.07) is 9.43. The van der Waals surface area contributed by atoms with Crippen molar-refractivity contribution in [3.63, 3.8) is 0 Å². The van der Waals surface area contributed by atoms with Crippen LogP contribution in [-0.2, 0) is 9.53 Å². The zero-order valence-corrected chi connectivity index (χ0v) is 8.57. The summed E-state index contributed by atoms with van der Waals surface area (Å²) in [4.78, 5) is 11.5. The molecule has 2 nitrogen and oxygen atoms in total. The lowest BCUT2D eigenvalue weighted by Crippen LogP contribution is -2.17. The normalized spacial score (nSPS) is 12.6. The van der Waals surface area contributed by atoms with Crippen LogP contribution in [0.25, 0.3) is 0 Å². The van der Waals surface area contributed by atoms with Gasteiger partial charge in [0.2, 0.25) is 0 Å². The number of hydrogen-bond acceptors (Lipinski definition) is 2. The van der Waals surface area contributed by atoms with Crippen molar-refractivity contribution in [2.45, 2.75) is 25.9 Å². The van der Waals surface area contributed by atoms with Gasteiger partial charge in [-0.15, -0.1) is 0 Å². The maximum absolute atomic E-state index is 11.5. The van der Waals surface area contributed by atoms with Crippen molar-refractivity contribution in [3.05, 3.63) is 42.8 Å². The van der Waals surface area contributed by atoms with Crippen molar-refractivity contribution in [1.82, 2.24) is 0 Å². The van der Waals surface area contributed by atoms with Crippen LogP contribution in [-0.4, -0.2) is 12.1 Å². The van der Waals surface area contributed by atoms with E-state index < -0.39 is 5.92 Å². The average Bonchev–Trinajstić information content (AvgIpc) is 2.17. The molecule has 1 atom stereocenters. The van der Waals surface area contributed by atoms with E-state index in [0.29, 0.717) is 0 Å². The van der Waals surface area contributed by atoms with Gasteiger partial charge in [0.1, 0.15) is 0 Å². The second-order valence-corrected chi connectivity index (χ2v) is 3.45. The largest absolute Gasteiger partial charge is 0.463 e. The maximum Gasteiger partial charge on any atom is 0.313 e. The fraction of sp³-hybridized carbons (Fsp3) is 0.333. The molecule has 75 valence electrons. The van der Waals surface area contributed by atoms with E-state index in [1.54, 1.807) is 0 Å². The number of hydrogen-bond donors (Lipinski definition) is 0. The van der Waals surface area contributed by atoms with Crippen LogP contribution in [0.1, 0.15) is 25.3 Å². The fourth-order valence-corrected chi connectivity index (χ4v) is 1.14.